The van der Waals surface area contributed by atoms with E-state index in [4.69, 9.17) is 0 Å². The van der Waals surface area contributed by atoms with Gasteiger partial charge in [-0.1, -0.05) is 12.1 Å². The van der Waals surface area contributed by atoms with Gasteiger partial charge in [0.1, 0.15) is 0 Å². The second-order valence-corrected chi connectivity index (χ2v) is 5.72. The quantitative estimate of drug-likeness (QED) is 0.542. The number of hydrogen-bond acceptors (Lipinski definition) is 5. The van der Waals surface area contributed by atoms with E-state index in [1.807, 2.05) is 6.07 Å². The minimum absolute atomic E-state index is 0.0359. The van der Waals surface area contributed by atoms with Crippen LogP contribution >= 0.6 is 0 Å². The molecule has 1 amide bonds. The Balaban J connectivity index is 1.56. The lowest BCUT2D eigenvalue weighted by atomic mass is 10.2. The summed E-state index contributed by atoms with van der Waals surface area (Å²) in [6.07, 6.45) is 2.17. The lowest BCUT2D eigenvalue weighted by Crippen LogP contribution is -2.21. The van der Waals surface area contributed by atoms with Crippen LogP contribution in [0.2, 0.25) is 0 Å². The summed E-state index contributed by atoms with van der Waals surface area (Å²) in [7, 11) is 0. The van der Waals surface area contributed by atoms with Crippen LogP contribution < -0.4 is 10.9 Å². The summed E-state index contributed by atoms with van der Waals surface area (Å²) in [5.74, 6) is -0.222. The molecule has 1 heterocycles. The van der Waals surface area contributed by atoms with E-state index >= 15 is 0 Å². The zero-order chi connectivity index (χ0) is 18.5. The molecule has 1 N–H and O–H groups in total. The number of aryl methyl sites for hydroxylation is 1. The highest BCUT2D eigenvalue weighted by molar-refractivity contribution is 5.90. The van der Waals surface area contributed by atoms with Crippen molar-refractivity contribution < 1.29 is 9.72 Å². The number of anilines is 1. The van der Waals surface area contributed by atoms with Crippen LogP contribution in [0.3, 0.4) is 0 Å². The van der Waals surface area contributed by atoms with Crippen molar-refractivity contribution in [1.82, 2.24) is 9.55 Å². The summed E-state index contributed by atoms with van der Waals surface area (Å²) in [6.45, 7) is 0.379. The number of rotatable bonds is 6. The molecule has 0 aliphatic rings. The van der Waals surface area contributed by atoms with Crippen LogP contribution in [0.15, 0.2) is 59.7 Å². The fourth-order valence-electron chi connectivity index (χ4n) is 2.57. The van der Waals surface area contributed by atoms with Crippen LogP contribution in [-0.2, 0) is 11.3 Å². The average Bonchev–Trinajstić information content (AvgIpc) is 2.64. The highest BCUT2D eigenvalue weighted by Gasteiger charge is 2.08. The van der Waals surface area contributed by atoms with Gasteiger partial charge in [-0.2, -0.15) is 0 Å². The van der Waals surface area contributed by atoms with E-state index in [-0.39, 0.29) is 23.6 Å². The number of fused-ring (bicyclic) bond motifs is 1. The standard InChI is InChI=1S/C18H16N4O4/c23-17(20-13-7-9-14(10-8-13)22(25)26)6-3-11-21-12-19-16-5-2-1-4-15(16)18(21)24/h1-2,4-5,7-10,12H,3,6,11H2,(H,20,23). The fraction of sp³-hybridized carbons (Fsp3) is 0.167. The summed E-state index contributed by atoms with van der Waals surface area (Å²) >= 11 is 0. The Labute approximate surface area is 148 Å². The first-order valence-corrected chi connectivity index (χ1v) is 8.03. The van der Waals surface area contributed by atoms with Crippen LogP contribution in [0.5, 0.6) is 0 Å². The van der Waals surface area contributed by atoms with E-state index in [0.29, 0.717) is 29.6 Å². The van der Waals surface area contributed by atoms with Gasteiger partial charge in [-0.05, 0) is 30.7 Å². The third kappa shape index (κ3) is 3.92. The molecule has 0 atom stereocenters. The Morgan fingerprint density at radius 2 is 1.88 bits per heavy atom. The van der Waals surface area contributed by atoms with Gasteiger partial charge >= 0.3 is 0 Å². The van der Waals surface area contributed by atoms with Crippen molar-refractivity contribution in [3.05, 3.63) is 75.3 Å². The van der Waals surface area contributed by atoms with E-state index in [9.17, 15) is 19.7 Å². The summed E-state index contributed by atoms with van der Waals surface area (Å²) in [6, 6.07) is 12.7. The Morgan fingerprint density at radius 1 is 1.15 bits per heavy atom. The zero-order valence-electron chi connectivity index (χ0n) is 13.8. The fourth-order valence-corrected chi connectivity index (χ4v) is 2.57. The van der Waals surface area contributed by atoms with Gasteiger partial charge in [0.25, 0.3) is 11.2 Å². The predicted molar refractivity (Wildman–Crippen MR) is 97.0 cm³/mol. The summed E-state index contributed by atoms with van der Waals surface area (Å²) in [5, 5.41) is 13.8. The maximum Gasteiger partial charge on any atom is 0.269 e. The topological polar surface area (TPSA) is 107 Å². The number of nitro benzene ring substituents is 1. The molecule has 2 aromatic carbocycles. The number of non-ortho nitro benzene ring substituents is 1. The molecule has 0 radical (unpaired) electrons. The van der Waals surface area contributed by atoms with Gasteiger partial charge in [-0.3, -0.25) is 24.3 Å². The van der Waals surface area contributed by atoms with Gasteiger partial charge in [0.05, 0.1) is 22.2 Å². The molecule has 132 valence electrons. The molecule has 1 aromatic heterocycles. The molecule has 0 aliphatic carbocycles. The Bertz CT molecular complexity index is 1010. The van der Waals surface area contributed by atoms with Crippen molar-refractivity contribution in [3.63, 3.8) is 0 Å². The van der Waals surface area contributed by atoms with Crippen molar-refractivity contribution >= 4 is 28.2 Å². The zero-order valence-corrected chi connectivity index (χ0v) is 13.8. The van der Waals surface area contributed by atoms with Crippen LogP contribution in [-0.4, -0.2) is 20.4 Å². The first-order valence-electron chi connectivity index (χ1n) is 8.03. The lowest BCUT2D eigenvalue weighted by molar-refractivity contribution is -0.384. The number of carbonyl (C=O) groups excluding carboxylic acids is 1. The normalized spacial score (nSPS) is 10.6. The van der Waals surface area contributed by atoms with Gasteiger partial charge in [-0.25, -0.2) is 4.98 Å². The molecular formula is C18H16N4O4. The highest BCUT2D eigenvalue weighted by Crippen LogP contribution is 2.15. The lowest BCUT2D eigenvalue weighted by Gasteiger charge is -2.07. The molecule has 26 heavy (non-hydrogen) atoms. The highest BCUT2D eigenvalue weighted by atomic mass is 16.6. The molecule has 0 saturated heterocycles. The van der Waals surface area contributed by atoms with Crippen LogP contribution in [0.1, 0.15) is 12.8 Å². The van der Waals surface area contributed by atoms with E-state index < -0.39 is 4.92 Å². The number of aromatic nitrogens is 2. The number of carbonyl (C=O) groups is 1. The molecule has 0 bridgehead atoms. The Kier molecular flexibility index (Phi) is 5.02. The van der Waals surface area contributed by atoms with E-state index in [0.717, 1.165) is 0 Å². The number of nitro groups is 1. The second kappa shape index (κ2) is 7.56. The van der Waals surface area contributed by atoms with Crippen molar-refractivity contribution in [2.24, 2.45) is 0 Å². The molecule has 0 saturated carbocycles. The van der Waals surface area contributed by atoms with Crippen LogP contribution in [0.4, 0.5) is 11.4 Å². The minimum atomic E-state index is -0.499. The van der Waals surface area contributed by atoms with Crippen molar-refractivity contribution in [3.8, 4) is 0 Å². The number of nitrogens with one attached hydrogen (secondary N) is 1. The first kappa shape index (κ1) is 17.3. The number of para-hydroxylation sites is 1. The molecular weight excluding hydrogens is 336 g/mol. The maximum absolute atomic E-state index is 12.3. The second-order valence-electron chi connectivity index (χ2n) is 5.72. The van der Waals surface area contributed by atoms with Gasteiger partial charge in [-0.15, -0.1) is 0 Å². The van der Waals surface area contributed by atoms with Crippen LogP contribution in [0, 0.1) is 10.1 Å². The maximum atomic E-state index is 12.3. The van der Waals surface area contributed by atoms with Gasteiger partial charge < -0.3 is 5.32 Å². The largest absolute Gasteiger partial charge is 0.326 e. The predicted octanol–water partition coefficient (Wildman–Crippen LogP) is 2.72. The monoisotopic (exact) mass is 352 g/mol. The van der Waals surface area contributed by atoms with Crippen molar-refractivity contribution in [1.29, 1.82) is 0 Å². The van der Waals surface area contributed by atoms with Gasteiger partial charge in [0.15, 0.2) is 0 Å². The summed E-state index contributed by atoms with van der Waals surface area (Å²) < 4.78 is 1.49. The SMILES string of the molecule is O=C(CCCn1cnc2ccccc2c1=O)Nc1ccc([N+](=O)[O-])cc1. The van der Waals surface area contributed by atoms with Gasteiger partial charge in [0.2, 0.25) is 5.91 Å². The Hall–Kier alpha value is -3.55. The van der Waals surface area contributed by atoms with Gasteiger partial charge in [0, 0.05) is 30.8 Å². The smallest absolute Gasteiger partial charge is 0.269 e. The third-order valence-corrected chi connectivity index (χ3v) is 3.90. The third-order valence-electron chi connectivity index (χ3n) is 3.90. The minimum Gasteiger partial charge on any atom is -0.326 e. The molecule has 3 rings (SSSR count). The summed E-state index contributed by atoms with van der Waals surface area (Å²) in [4.78, 5) is 38.7. The molecule has 0 unspecified atom stereocenters. The van der Waals surface area contributed by atoms with Crippen molar-refractivity contribution in [2.75, 3.05) is 5.32 Å². The molecule has 0 aliphatic heterocycles. The van der Waals surface area contributed by atoms with E-state index in [1.54, 1.807) is 18.2 Å². The van der Waals surface area contributed by atoms with Crippen LogP contribution in [0.25, 0.3) is 10.9 Å². The number of benzene rings is 2. The summed E-state index contributed by atoms with van der Waals surface area (Å²) in [5.41, 5.74) is 0.965. The molecule has 0 spiro atoms. The Morgan fingerprint density at radius 3 is 2.62 bits per heavy atom. The average molecular weight is 352 g/mol. The molecule has 3 aromatic rings. The molecule has 8 nitrogen and oxygen atoms in total. The van der Waals surface area contributed by atoms with Crippen molar-refractivity contribution in [2.45, 2.75) is 19.4 Å². The first-order chi connectivity index (χ1) is 12.5. The number of amides is 1. The number of hydrogen-bond donors (Lipinski definition) is 1. The molecule has 8 heteroatoms. The van der Waals surface area contributed by atoms with E-state index in [2.05, 4.69) is 10.3 Å². The number of nitrogens with zero attached hydrogens (tertiary/aromatic N) is 3. The van der Waals surface area contributed by atoms with E-state index in [1.165, 1.54) is 35.2 Å². The molecule has 0 fully saturated rings.